The first-order valence-electron chi connectivity index (χ1n) is 6.16. The minimum atomic E-state index is 0.593. The van der Waals surface area contributed by atoms with Crippen molar-refractivity contribution in [1.29, 1.82) is 0 Å². The average molecular weight is 324 g/mol. The molecule has 0 aliphatic heterocycles. The van der Waals surface area contributed by atoms with Crippen LogP contribution in [-0.4, -0.2) is 23.3 Å². The normalized spacial score (nSPS) is 14.6. The molecule has 1 aromatic carbocycles. The maximum absolute atomic E-state index is 5.22. The van der Waals surface area contributed by atoms with Gasteiger partial charge in [0.1, 0.15) is 5.75 Å². The van der Waals surface area contributed by atoms with Gasteiger partial charge in [0.25, 0.3) is 0 Å². The molecule has 1 saturated carbocycles. The molecule has 1 N–H and O–H groups in total. The van der Waals surface area contributed by atoms with E-state index < -0.39 is 0 Å². The van der Waals surface area contributed by atoms with Crippen LogP contribution in [0, 0.1) is 0 Å². The van der Waals surface area contributed by atoms with Crippen LogP contribution in [-0.2, 0) is 6.54 Å². The SMILES string of the molecule is COc1ccc(-c2noc(CNC3CC3)n2)cc1Br. The molecule has 0 bridgehead atoms. The number of nitrogens with one attached hydrogen (secondary N) is 1. The molecule has 1 fully saturated rings. The number of rotatable bonds is 5. The highest BCUT2D eigenvalue weighted by molar-refractivity contribution is 9.10. The number of hydrogen-bond acceptors (Lipinski definition) is 5. The fourth-order valence-corrected chi connectivity index (χ4v) is 2.31. The standard InChI is InChI=1S/C13H14BrN3O2/c1-18-11-5-2-8(6-10(11)14)13-16-12(19-17-13)7-15-9-3-4-9/h2,5-6,9,15H,3-4,7H2,1H3. The Hall–Kier alpha value is -1.40. The van der Waals surface area contributed by atoms with Crippen LogP contribution >= 0.6 is 15.9 Å². The third-order valence-corrected chi connectivity index (χ3v) is 3.62. The van der Waals surface area contributed by atoms with Crippen LogP contribution in [0.3, 0.4) is 0 Å². The number of halogens is 1. The Balaban J connectivity index is 1.75. The minimum absolute atomic E-state index is 0.593. The van der Waals surface area contributed by atoms with Crippen molar-refractivity contribution in [2.24, 2.45) is 0 Å². The summed E-state index contributed by atoms with van der Waals surface area (Å²) in [5.41, 5.74) is 0.897. The molecule has 1 aliphatic carbocycles. The first kappa shape index (κ1) is 12.6. The van der Waals surface area contributed by atoms with Crippen LogP contribution in [0.25, 0.3) is 11.4 Å². The lowest BCUT2D eigenvalue weighted by atomic mass is 10.2. The monoisotopic (exact) mass is 323 g/mol. The van der Waals surface area contributed by atoms with Crippen molar-refractivity contribution < 1.29 is 9.26 Å². The van der Waals surface area contributed by atoms with E-state index in [0.29, 0.717) is 24.3 Å². The van der Waals surface area contributed by atoms with E-state index in [2.05, 4.69) is 31.4 Å². The second-order valence-corrected chi connectivity index (χ2v) is 5.37. The van der Waals surface area contributed by atoms with Crippen LogP contribution in [0.2, 0.25) is 0 Å². The molecule has 0 atom stereocenters. The van der Waals surface area contributed by atoms with Crippen LogP contribution in [0.5, 0.6) is 5.75 Å². The van der Waals surface area contributed by atoms with Crippen LogP contribution in [0.15, 0.2) is 27.2 Å². The minimum Gasteiger partial charge on any atom is -0.496 e. The zero-order valence-electron chi connectivity index (χ0n) is 10.5. The number of methoxy groups -OCH3 is 1. The molecule has 3 rings (SSSR count). The molecule has 100 valence electrons. The van der Waals surface area contributed by atoms with Crippen molar-refractivity contribution >= 4 is 15.9 Å². The zero-order valence-corrected chi connectivity index (χ0v) is 12.1. The summed E-state index contributed by atoms with van der Waals surface area (Å²) in [6.07, 6.45) is 2.48. The van der Waals surface area contributed by atoms with Crippen molar-refractivity contribution in [1.82, 2.24) is 15.5 Å². The van der Waals surface area contributed by atoms with Crippen molar-refractivity contribution in [3.63, 3.8) is 0 Å². The van der Waals surface area contributed by atoms with E-state index in [-0.39, 0.29) is 0 Å². The summed E-state index contributed by atoms with van der Waals surface area (Å²) in [4.78, 5) is 4.37. The third-order valence-electron chi connectivity index (χ3n) is 3.00. The van der Waals surface area contributed by atoms with Gasteiger partial charge in [0.05, 0.1) is 18.1 Å². The summed E-state index contributed by atoms with van der Waals surface area (Å²) in [6.45, 7) is 0.634. The van der Waals surface area contributed by atoms with E-state index in [0.717, 1.165) is 15.8 Å². The number of benzene rings is 1. The van der Waals surface area contributed by atoms with E-state index in [9.17, 15) is 0 Å². The maximum atomic E-state index is 5.22. The molecule has 5 nitrogen and oxygen atoms in total. The lowest BCUT2D eigenvalue weighted by Gasteiger charge is -2.03. The Morgan fingerprint density at radius 3 is 3.00 bits per heavy atom. The summed E-state index contributed by atoms with van der Waals surface area (Å²) in [5.74, 6) is 1.99. The summed E-state index contributed by atoms with van der Waals surface area (Å²) in [5, 5.41) is 7.34. The number of aromatic nitrogens is 2. The predicted octanol–water partition coefficient (Wildman–Crippen LogP) is 2.76. The first-order valence-corrected chi connectivity index (χ1v) is 6.95. The molecule has 0 amide bonds. The van der Waals surface area contributed by atoms with Crippen LogP contribution < -0.4 is 10.1 Å². The number of hydrogen-bond donors (Lipinski definition) is 1. The van der Waals surface area contributed by atoms with Crippen molar-refractivity contribution in [3.8, 4) is 17.1 Å². The van der Waals surface area contributed by atoms with Gasteiger partial charge in [-0.1, -0.05) is 5.16 Å². The van der Waals surface area contributed by atoms with Gasteiger partial charge in [-0.3, -0.25) is 0 Å². The number of ether oxygens (including phenoxy) is 1. The molecule has 19 heavy (non-hydrogen) atoms. The Labute approximate surface area is 119 Å². The van der Waals surface area contributed by atoms with Gasteiger partial charge >= 0.3 is 0 Å². The maximum Gasteiger partial charge on any atom is 0.240 e. The molecule has 0 saturated heterocycles. The quantitative estimate of drug-likeness (QED) is 0.916. The van der Waals surface area contributed by atoms with Crippen molar-refractivity contribution in [3.05, 3.63) is 28.6 Å². The molecule has 2 aromatic rings. The zero-order chi connectivity index (χ0) is 13.2. The van der Waals surface area contributed by atoms with E-state index in [1.54, 1.807) is 7.11 Å². The van der Waals surface area contributed by atoms with Crippen LogP contribution in [0.1, 0.15) is 18.7 Å². The Kier molecular flexibility index (Phi) is 3.52. The second-order valence-electron chi connectivity index (χ2n) is 4.52. The second kappa shape index (κ2) is 5.30. The van der Waals surface area contributed by atoms with E-state index in [4.69, 9.17) is 9.26 Å². The predicted molar refractivity (Wildman–Crippen MR) is 73.8 cm³/mol. The van der Waals surface area contributed by atoms with Crippen molar-refractivity contribution in [2.45, 2.75) is 25.4 Å². The van der Waals surface area contributed by atoms with Gasteiger partial charge in [0.2, 0.25) is 11.7 Å². The van der Waals surface area contributed by atoms with Crippen LogP contribution in [0.4, 0.5) is 0 Å². The van der Waals surface area contributed by atoms with E-state index in [1.807, 2.05) is 18.2 Å². The highest BCUT2D eigenvalue weighted by atomic mass is 79.9. The number of nitrogens with zero attached hydrogens (tertiary/aromatic N) is 2. The van der Waals surface area contributed by atoms with E-state index >= 15 is 0 Å². The molecular formula is C13H14BrN3O2. The van der Waals surface area contributed by atoms with Gasteiger partial charge in [-0.05, 0) is 47.0 Å². The van der Waals surface area contributed by atoms with Gasteiger partial charge in [-0.25, -0.2) is 0 Å². The van der Waals surface area contributed by atoms with Gasteiger partial charge < -0.3 is 14.6 Å². The molecule has 1 aliphatic rings. The topological polar surface area (TPSA) is 60.2 Å². The van der Waals surface area contributed by atoms with Gasteiger partial charge in [0.15, 0.2) is 0 Å². The summed E-state index contributed by atoms with van der Waals surface area (Å²) in [6, 6.07) is 6.33. The molecule has 1 aromatic heterocycles. The fourth-order valence-electron chi connectivity index (χ4n) is 1.77. The molecule has 0 radical (unpaired) electrons. The van der Waals surface area contributed by atoms with Gasteiger partial charge in [0, 0.05) is 11.6 Å². The Morgan fingerprint density at radius 2 is 2.32 bits per heavy atom. The highest BCUT2D eigenvalue weighted by Gasteiger charge is 2.21. The smallest absolute Gasteiger partial charge is 0.240 e. The fraction of sp³-hybridized carbons (Fsp3) is 0.385. The van der Waals surface area contributed by atoms with Crippen molar-refractivity contribution in [2.75, 3.05) is 7.11 Å². The Bertz CT molecular complexity index is 581. The molecule has 0 spiro atoms. The first-order chi connectivity index (χ1) is 9.26. The highest BCUT2D eigenvalue weighted by Crippen LogP contribution is 2.29. The lowest BCUT2D eigenvalue weighted by Crippen LogP contribution is -2.15. The summed E-state index contributed by atoms with van der Waals surface area (Å²) < 4.78 is 11.3. The molecule has 1 heterocycles. The largest absolute Gasteiger partial charge is 0.496 e. The summed E-state index contributed by atoms with van der Waals surface area (Å²) in [7, 11) is 1.63. The van der Waals surface area contributed by atoms with Gasteiger partial charge in [-0.2, -0.15) is 4.98 Å². The lowest BCUT2D eigenvalue weighted by molar-refractivity contribution is 0.367. The Morgan fingerprint density at radius 1 is 1.47 bits per heavy atom. The summed E-state index contributed by atoms with van der Waals surface area (Å²) >= 11 is 3.45. The van der Waals surface area contributed by atoms with E-state index in [1.165, 1.54) is 12.8 Å². The van der Waals surface area contributed by atoms with Gasteiger partial charge in [-0.15, -0.1) is 0 Å². The molecule has 6 heteroatoms. The third kappa shape index (κ3) is 2.96. The molecule has 0 unspecified atom stereocenters. The molecular weight excluding hydrogens is 310 g/mol. The average Bonchev–Trinajstić information content (AvgIpc) is 3.13.